The van der Waals surface area contributed by atoms with Gasteiger partial charge >= 0.3 is 6.09 Å². The van der Waals surface area contributed by atoms with Crippen molar-refractivity contribution >= 4 is 23.4 Å². The zero-order valence-electron chi connectivity index (χ0n) is 11.2. The third-order valence-corrected chi connectivity index (χ3v) is 2.84. The summed E-state index contributed by atoms with van der Waals surface area (Å²) in [6.45, 7) is 0.429. The van der Waals surface area contributed by atoms with Gasteiger partial charge in [0.2, 0.25) is 0 Å². The van der Waals surface area contributed by atoms with Crippen LogP contribution in [0.2, 0.25) is 0 Å². The second kappa shape index (κ2) is 9.50. The molecule has 0 heterocycles. The van der Waals surface area contributed by atoms with Crippen LogP contribution < -0.4 is 10.1 Å². The molecule has 0 saturated heterocycles. The van der Waals surface area contributed by atoms with Crippen LogP contribution in [0.1, 0.15) is 25.7 Å². The maximum atomic E-state index is 11.5. The van der Waals surface area contributed by atoms with Gasteiger partial charge in [-0.1, -0.05) is 18.9 Å². The largest absolute Gasteiger partial charge is 0.497 e. The lowest BCUT2D eigenvalue weighted by Gasteiger charge is -2.08. The summed E-state index contributed by atoms with van der Waals surface area (Å²) in [6, 6.07) is 7.14. The number of rotatable bonds is 8. The highest BCUT2D eigenvalue weighted by atomic mass is 35.5. The predicted molar refractivity (Wildman–Crippen MR) is 77.2 cm³/mol. The number of hydrogen-bond acceptors (Lipinski definition) is 3. The topological polar surface area (TPSA) is 47.6 Å². The minimum Gasteiger partial charge on any atom is -0.497 e. The molecular formula is C14H20ClNO3. The summed E-state index contributed by atoms with van der Waals surface area (Å²) in [5.41, 5.74) is 0.659. The van der Waals surface area contributed by atoms with Gasteiger partial charge in [0, 0.05) is 17.6 Å². The molecule has 0 unspecified atom stereocenters. The van der Waals surface area contributed by atoms with E-state index in [4.69, 9.17) is 21.1 Å². The lowest BCUT2D eigenvalue weighted by atomic mass is 10.2. The van der Waals surface area contributed by atoms with Gasteiger partial charge in [-0.05, 0) is 25.0 Å². The summed E-state index contributed by atoms with van der Waals surface area (Å²) in [5.74, 6) is 1.39. The van der Waals surface area contributed by atoms with E-state index in [0.717, 1.165) is 25.7 Å². The number of methoxy groups -OCH3 is 1. The number of hydrogen-bond donors (Lipinski definition) is 1. The first-order chi connectivity index (χ1) is 9.26. The first-order valence-corrected chi connectivity index (χ1v) is 6.93. The van der Waals surface area contributed by atoms with Gasteiger partial charge in [-0.25, -0.2) is 4.79 Å². The Morgan fingerprint density at radius 3 is 2.79 bits per heavy atom. The Labute approximate surface area is 119 Å². The van der Waals surface area contributed by atoms with E-state index in [1.165, 1.54) is 0 Å². The molecule has 4 nitrogen and oxygen atoms in total. The van der Waals surface area contributed by atoms with E-state index in [9.17, 15) is 4.79 Å². The molecule has 1 N–H and O–H groups in total. The molecule has 1 aromatic rings. The van der Waals surface area contributed by atoms with Gasteiger partial charge in [0.15, 0.2) is 0 Å². The molecule has 1 amide bonds. The first kappa shape index (κ1) is 15.6. The monoisotopic (exact) mass is 285 g/mol. The molecule has 0 atom stereocenters. The van der Waals surface area contributed by atoms with Crippen LogP contribution in [0.3, 0.4) is 0 Å². The van der Waals surface area contributed by atoms with E-state index in [-0.39, 0.29) is 0 Å². The van der Waals surface area contributed by atoms with Gasteiger partial charge in [-0.15, -0.1) is 11.6 Å². The van der Waals surface area contributed by atoms with E-state index in [2.05, 4.69) is 5.32 Å². The Bertz CT molecular complexity index is 385. The zero-order chi connectivity index (χ0) is 13.9. The number of benzene rings is 1. The molecule has 0 bridgehead atoms. The van der Waals surface area contributed by atoms with Crippen LogP contribution in [0.5, 0.6) is 5.75 Å². The average Bonchev–Trinajstić information content (AvgIpc) is 2.43. The van der Waals surface area contributed by atoms with Crippen molar-refractivity contribution in [1.82, 2.24) is 0 Å². The van der Waals surface area contributed by atoms with Crippen LogP contribution in [0.25, 0.3) is 0 Å². The molecule has 5 heteroatoms. The van der Waals surface area contributed by atoms with E-state index in [0.29, 0.717) is 23.9 Å². The zero-order valence-corrected chi connectivity index (χ0v) is 11.9. The van der Waals surface area contributed by atoms with E-state index >= 15 is 0 Å². The number of carbonyl (C=O) groups is 1. The Kier molecular flexibility index (Phi) is 7.82. The maximum Gasteiger partial charge on any atom is 0.411 e. The van der Waals surface area contributed by atoms with Crippen molar-refractivity contribution in [3.8, 4) is 5.75 Å². The summed E-state index contributed by atoms with van der Waals surface area (Å²) in [5, 5.41) is 2.66. The predicted octanol–water partition coefficient (Wildman–Crippen LogP) is 4.04. The molecule has 0 fully saturated rings. The van der Waals surface area contributed by atoms with Gasteiger partial charge in [-0.3, -0.25) is 5.32 Å². The summed E-state index contributed by atoms with van der Waals surface area (Å²) in [7, 11) is 1.58. The molecule has 0 aliphatic rings. The van der Waals surface area contributed by atoms with Gasteiger partial charge < -0.3 is 9.47 Å². The second-order valence-electron chi connectivity index (χ2n) is 4.10. The van der Waals surface area contributed by atoms with Crippen LogP contribution >= 0.6 is 11.6 Å². The molecule has 0 aliphatic heterocycles. The molecule has 0 saturated carbocycles. The van der Waals surface area contributed by atoms with Gasteiger partial charge in [0.1, 0.15) is 5.75 Å². The van der Waals surface area contributed by atoms with Crippen LogP contribution in [-0.2, 0) is 4.74 Å². The Morgan fingerprint density at radius 1 is 1.26 bits per heavy atom. The fourth-order valence-corrected chi connectivity index (χ4v) is 1.76. The molecule has 0 aromatic heterocycles. The van der Waals surface area contributed by atoms with E-state index < -0.39 is 6.09 Å². The summed E-state index contributed by atoms with van der Waals surface area (Å²) < 4.78 is 10.1. The lowest BCUT2D eigenvalue weighted by molar-refractivity contribution is 0.159. The number of ether oxygens (including phenoxy) is 2. The SMILES string of the molecule is COc1cccc(NC(=O)OCCCCCCCl)c1. The minimum absolute atomic E-state index is 0.429. The number of halogens is 1. The van der Waals surface area contributed by atoms with Crippen molar-refractivity contribution < 1.29 is 14.3 Å². The Hall–Kier alpha value is -1.42. The second-order valence-corrected chi connectivity index (χ2v) is 4.47. The molecule has 106 valence electrons. The summed E-state index contributed by atoms with van der Waals surface area (Å²) >= 11 is 5.57. The third-order valence-electron chi connectivity index (χ3n) is 2.58. The van der Waals surface area contributed by atoms with Crippen LogP contribution in [0.15, 0.2) is 24.3 Å². The summed E-state index contributed by atoms with van der Waals surface area (Å²) in [4.78, 5) is 11.5. The fourth-order valence-electron chi connectivity index (χ4n) is 1.57. The molecule has 0 aliphatic carbocycles. The van der Waals surface area contributed by atoms with E-state index in [1.54, 1.807) is 25.3 Å². The molecular weight excluding hydrogens is 266 g/mol. The third kappa shape index (κ3) is 6.91. The van der Waals surface area contributed by atoms with Gasteiger partial charge in [-0.2, -0.15) is 0 Å². The van der Waals surface area contributed by atoms with Crippen LogP contribution in [0.4, 0.5) is 10.5 Å². The van der Waals surface area contributed by atoms with Crippen molar-refractivity contribution in [1.29, 1.82) is 0 Å². The number of unbranched alkanes of at least 4 members (excludes halogenated alkanes) is 3. The molecule has 0 radical (unpaired) electrons. The number of alkyl halides is 1. The van der Waals surface area contributed by atoms with Crippen molar-refractivity contribution in [3.05, 3.63) is 24.3 Å². The fraction of sp³-hybridized carbons (Fsp3) is 0.500. The average molecular weight is 286 g/mol. The van der Waals surface area contributed by atoms with Crippen molar-refractivity contribution in [2.75, 3.05) is 24.9 Å². The highest BCUT2D eigenvalue weighted by Gasteiger charge is 2.03. The quantitative estimate of drug-likeness (QED) is 0.579. The Balaban J connectivity index is 2.19. The summed E-state index contributed by atoms with van der Waals surface area (Å²) in [6.07, 6.45) is 3.54. The molecule has 1 rings (SSSR count). The normalized spacial score (nSPS) is 10.0. The highest BCUT2D eigenvalue weighted by Crippen LogP contribution is 2.16. The van der Waals surface area contributed by atoms with Crippen molar-refractivity contribution in [2.45, 2.75) is 25.7 Å². The lowest BCUT2D eigenvalue weighted by Crippen LogP contribution is -2.14. The van der Waals surface area contributed by atoms with Crippen molar-refractivity contribution in [2.24, 2.45) is 0 Å². The van der Waals surface area contributed by atoms with E-state index in [1.807, 2.05) is 6.07 Å². The molecule has 0 spiro atoms. The smallest absolute Gasteiger partial charge is 0.411 e. The van der Waals surface area contributed by atoms with Crippen molar-refractivity contribution in [3.63, 3.8) is 0 Å². The van der Waals surface area contributed by atoms with Gasteiger partial charge in [0.25, 0.3) is 0 Å². The Morgan fingerprint density at radius 2 is 2.05 bits per heavy atom. The minimum atomic E-state index is -0.439. The number of anilines is 1. The first-order valence-electron chi connectivity index (χ1n) is 6.40. The van der Waals surface area contributed by atoms with Gasteiger partial charge in [0.05, 0.1) is 13.7 Å². The highest BCUT2D eigenvalue weighted by molar-refractivity contribution is 6.17. The number of amides is 1. The molecule has 1 aromatic carbocycles. The van der Waals surface area contributed by atoms with Crippen LogP contribution in [0, 0.1) is 0 Å². The standard InChI is InChI=1S/C14H20ClNO3/c1-18-13-8-6-7-12(11-13)16-14(17)19-10-5-3-2-4-9-15/h6-8,11H,2-5,9-10H2,1H3,(H,16,17). The maximum absolute atomic E-state index is 11.5. The molecule has 19 heavy (non-hydrogen) atoms. The van der Waals surface area contributed by atoms with Crippen LogP contribution in [-0.4, -0.2) is 25.7 Å². The number of carbonyl (C=O) groups excluding carboxylic acids is 1. The number of nitrogens with one attached hydrogen (secondary N) is 1.